The van der Waals surface area contributed by atoms with E-state index in [1.54, 1.807) is 0 Å². The van der Waals surface area contributed by atoms with Gasteiger partial charge >= 0.3 is 60.0 Å². The molecular formula is C12H5F21O2. The molecule has 0 fully saturated rings. The third-order valence-electron chi connectivity index (χ3n) is 3.66. The van der Waals surface area contributed by atoms with Gasteiger partial charge < -0.3 is 4.74 Å². The fourth-order valence-corrected chi connectivity index (χ4v) is 1.87. The van der Waals surface area contributed by atoms with Crippen molar-refractivity contribution in [2.24, 2.45) is 0 Å². The predicted molar refractivity (Wildman–Crippen MR) is 63.3 cm³/mol. The lowest BCUT2D eigenvalue weighted by Gasteiger charge is -2.46. The molecule has 212 valence electrons. The van der Waals surface area contributed by atoms with Gasteiger partial charge in [-0.15, -0.1) is 0 Å². The third-order valence-corrected chi connectivity index (χ3v) is 3.66. The van der Waals surface area contributed by atoms with E-state index in [0.717, 1.165) is 0 Å². The highest BCUT2D eigenvalue weighted by Crippen LogP contribution is 2.63. The highest BCUT2D eigenvalue weighted by Gasteiger charge is 2.94. The smallest absolute Gasteiger partial charge is 0.337 e. The minimum absolute atomic E-state index is 0.114. The molecule has 0 aromatic carbocycles. The Bertz CT molecular complexity index is 747. The van der Waals surface area contributed by atoms with Crippen molar-refractivity contribution in [3.8, 4) is 0 Å². The fraction of sp³-hybridized carbons (Fsp3) is 1.00. The number of halogens is 21. The summed E-state index contributed by atoms with van der Waals surface area (Å²) in [6.07, 6.45) is -32.4. The molecule has 23 heteroatoms. The van der Waals surface area contributed by atoms with Crippen LogP contribution in [0.25, 0.3) is 0 Å². The summed E-state index contributed by atoms with van der Waals surface area (Å²) in [6, 6.07) is 0. The zero-order chi connectivity index (χ0) is 29.1. The molecule has 0 amide bonds. The van der Waals surface area contributed by atoms with Gasteiger partial charge in [0.2, 0.25) is 0 Å². The average molecular weight is 580 g/mol. The number of hydrogen-bond donors (Lipinski definition) is 0. The van der Waals surface area contributed by atoms with E-state index in [9.17, 15) is 92.2 Å². The third kappa shape index (κ3) is 4.65. The number of hydrogen-bond acceptors (Lipinski definition) is 2. The lowest BCUT2D eigenvalue weighted by Crippen LogP contribution is -2.76. The summed E-state index contributed by atoms with van der Waals surface area (Å²) in [5.41, 5.74) is 0. The van der Waals surface area contributed by atoms with E-state index in [2.05, 4.69) is 4.74 Å². The Morgan fingerprint density at radius 3 is 0.971 bits per heavy atom. The maximum Gasteiger partial charge on any atom is 0.460 e. The molecule has 0 heterocycles. The lowest BCUT2D eigenvalue weighted by atomic mass is 9.94. The van der Waals surface area contributed by atoms with Gasteiger partial charge in [-0.05, 0) is 6.92 Å². The van der Waals surface area contributed by atoms with Gasteiger partial charge in [-0.3, -0.25) is 4.74 Å². The molecule has 0 radical (unpaired) electrons. The van der Waals surface area contributed by atoms with Crippen molar-refractivity contribution in [1.82, 2.24) is 0 Å². The van der Waals surface area contributed by atoms with E-state index in [4.69, 9.17) is 0 Å². The van der Waals surface area contributed by atoms with Crippen molar-refractivity contribution in [2.45, 2.75) is 67.0 Å². The first-order valence-corrected chi connectivity index (χ1v) is 7.58. The molecule has 0 bridgehead atoms. The molecule has 0 rings (SSSR count). The Morgan fingerprint density at radius 1 is 0.400 bits per heavy atom. The molecular weight excluding hydrogens is 575 g/mol. The number of rotatable bonds is 9. The second kappa shape index (κ2) is 8.50. The molecule has 2 nitrogen and oxygen atoms in total. The van der Waals surface area contributed by atoms with Gasteiger partial charge in [-0.25, -0.2) is 0 Å². The van der Waals surface area contributed by atoms with Crippen LogP contribution in [-0.2, 0) is 9.47 Å². The van der Waals surface area contributed by atoms with Crippen LogP contribution in [0.2, 0.25) is 0 Å². The average Bonchev–Trinajstić information content (AvgIpc) is 2.57. The monoisotopic (exact) mass is 580 g/mol. The van der Waals surface area contributed by atoms with E-state index >= 15 is 0 Å². The molecule has 0 aliphatic carbocycles. The molecule has 0 aromatic rings. The summed E-state index contributed by atoms with van der Waals surface area (Å²) in [7, 11) is 0. The molecule has 0 aromatic heterocycles. The molecule has 0 aliphatic rings. The van der Waals surface area contributed by atoms with Crippen LogP contribution in [0.5, 0.6) is 0 Å². The Balaban J connectivity index is 7.36. The van der Waals surface area contributed by atoms with Gasteiger partial charge in [0.05, 0.1) is 0 Å². The molecule has 0 saturated heterocycles. The van der Waals surface area contributed by atoms with Crippen LogP contribution in [0.1, 0.15) is 6.92 Å². The standard InChI is InChI=1S/C12H5F21O2/c1-2-34-7(21,3(13,14)4(15,16)9(23,24)25)8(22,11(29,30)31)35-12(32,33)6(19,20)5(17,18)10(26,27)28/h2H2,1H3. The topological polar surface area (TPSA) is 18.5 Å². The van der Waals surface area contributed by atoms with Gasteiger partial charge in [0.1, 0.15) is 0 Å². The normalized spacial score (nSPS) is 19.4. The SMILES string of the molecule is CCOC(F)(C(F)(F)C(F)(F)C(F)(F)F)C(F)(OC(F)(F)C(F)(F)C(F)(F)C(F)(F)F)C(F)(F)F. The highest BCUT2D eigenvalue weighted by atomic mass is 19.4. The molecule has 0 N–H and O–H groups in total. The second-order valence-corrected chi connectivity index (χ2v) is 6.03. The van der Waals surface area contributed by atoms with Gasteiger partial charge in [0.15, 0.2) is 0 Å². The summed E-state index contributed by atoms with van der Waals surface area (Å²) in [4.78, 5) is 0. The van der Waals surface area contributed by atoms with Gasteiger partial charge in [0, 0.05) is 6.61 Å². The van der Waals surface area contributed by atoms with Crippen LogP contribution in [0.3, 0.4) is 0 Å². The minimum Gasteiger partial charge on any atom is -0.337 e. The van der Waals surface area contributed by atoms with Crippen molar-refractivity contribution in [1.29, 1.82) is 0 Å². The van der Waals surface area contributed by atoms with Crippen molar-refractivity contribution >= 4 is 0 Å². The summed E-state index contributed by atoms with van der Waals surface area (Å²) in [6.45, 7) is -2.52. The van der Waals surface area contributed by atoms with Gasteiger partial charge in [-0.2, -0.15) is 92.2 Å². The maximum atomic E-state index is 14.4. The van der Waals surface area contributed by atoms with E-state index in [1.165, 1.54) is 4.74 Å². The van der Waals surface area contributed by atoms with Crippen LogP contribution in [0, 0.1) is 0 Å². The first-order valence-electron chi connectivity index (χ1n) is 7.58. The quantitative estimate of drug-likeness (QED) is 0.269. The Kier molecular flexibility index (Phi) is 8.12. The molecule has 0 saturated carbocycles. The molecule has 2 atom stereocenters. The number of alkyl halides is 21. The summed E-state index contributed by atoms with van der Waals surface area (Å²) >= 11 is 0. The molecule has 0 aliphatic heterocycles. The predicted octanol–water partition coefficient (Wildman–Crippen LogP) is 7.19. The van der Waals surface area contributed by atoms with E-state index in [1.807, 2.05) is 0 Å². The van der Waals surface area contributed by atoms with Crippen molar-refractivity contribution in [3.63, 3.8) is 0 Å². The van der Waals surface area contributed by atoms with Gasteiger partial charge in [-0.1, -0.05) is 0 Å². The fourth-order valence-electron chi connectivity index (χ4n) is 1.87. The highest BCUT2D eigenvalue weighted by molar-refractivity contribution is 5.11. The van der Waals surface area contributed by atoms with E-state index in [0.29, 0.717) is 0 Å². The Morgan fingerprint density at radius 2 is 0.714 bits per heavy atom. The van der Waals surface area contributed by atoms with Crippen LogP contribution >= 0.6 is 0 Å². The van der Waals surface area contributed by atoms with E-state index in [-0.39, 0.29) is 6.92 Å². The van der Waals surface area contributed by atoms with Crippen LogP contribution < -0.4 is 0 Å². The second-order valence-electron chi connectivity index (χ2n) is 6.03. The zero-order valence-corrected chi connectivity index (χ0v) is 15.5. The van der Waals surface area contributed by atoms with Crippen molar-refractivity contribution < 1.29 is 102 Å². The Hall–Kier alpha value is -1.55. The summed E-state index contributed by atoms with van der Waals surface area (Å²) in [5.74, 6) is -49.8. The molecule has 2 unspecified atom stereocenters. The minimum atomic E-state index is -8.48. The Labute approximate surface area is 176 Å². The molecule has 0 spiro atoms. The lowest BCUT2D eigenvalue weighted by molar-refractivity contribution is -0.546. The zero-order valence-electron chi connectivity index (χ0n) is 15.5. The first-order chi connectivity index (χ1) is 14.8. The largest absolute Gasteiger partial charge is 0.460 e. The maximum absolute atomic E-state index is 14.4. The van der Waals surface area contributed by atoms with Gasteiger partial charge in [0.25, 0.3) is 0 Å². The van der Waals surface area contributed by atoms with Crippen LogP contribution in [-0.4, -0.2) is 66.6 Å². The van der Waals surface area contributed by atoms with Crippen LogP contribution in [0.15, 0.2) is 0 Å². The van der Waals surface area contributed by atoms with Crippen molar-refractivity contribution in [3.05, 3.63) is 0 Å². The van der Waals surface area contributed by atoms with Crippen molar-refractivity contribution in [2.75, 3.05) is 6.61 Å². The first kappa shape index (κ1) is 33.4. The number of ether oxygens (including phenoxy) is 2. The summed E-state index contributed by atoms with van der Waals surface area (Å²) in [5, 5.41) is 0. The van der Waals surface area contributed by atoms with Crippen LogP contribution in [0.4, 0.5) is 92.2 Å². The molecule has 35 heavy (non-hydrogen) atoms. The van der Waals surface area contributed by atoms with E-state index < -0.39 is 66.6 Å². The summed E-state index contributed by atoms with van der Waals surface area (Å²) < 4.78 is 276.